The second-order valence-corrected chi connectivity index (χ2v) is 6.41. The van der Waals surface area contributed by atoms with Gasteiger partial charge in [-0.25, -0.2) is 0 Å². The summed E-state index contributed by atoms with van der Waals surface area (Å²) in [6, 6.07) is 11.3. The van der Waals surface area contributed by atoms with Crippen LogP contribution in [0.2, 0.25) is 0 Å². The standard InChI is InChI=1S/C18H22BrN/c1-11-6-7-16(19)15(10-11)18(20-5)17-13(3)8-12(2)9-14(17)4/h6-10,18,20H,1-5H3. The maximum atomic E-state index is 3.69. The Hall–Kier alpha value is -1.12. The Labute approximate surface area is 130 Å². The summed E-state index contributed by atoms with van der Waals surface area (Å²) < 4.78 is 1.15. The fraction of sp³-hybridized carbons (Fsp3) is 0.333. The zero-order valence-electron chi connectivity index (χ0n) is 12.8. The Morgan fingerprint density at radius 1 is 0.900 bits per heavy atom. The summed E-state index contributed by atoms with van der Waals surface area (Å²) in [6.45, 7) is 8.69. The SMILES string of the molecule is CNC(c1cc(C)ccc1Br)c1c(C)cc(C)cc1C. The van der Waals surface area contributed by atoms with Gasteiger partial charge in [0.15, 0.2) is 0 Å². The molecular weight excluding hydrogens is 310 g/mol. The molecule has 0 aliphatic rings. The van der Waals surface area contributed by atoms with Crippen LogP contribution in [0.5, 0.6) is 0 Å². The van der Waals surface area contributed by atoms with E-state index >= 15 is 0 Å². The van der Waals surface area contributed by atoms with Gasteiger partial charge in [0, 0.05) is 4.47 Å². The van der Waals surface area contributed by atoms with Gasteiger partial charge >= 0.3 is 0 Å². The van der Waals surface area contributed by atoms with Crippen molar-refractivity contribution in [2.24, 2.45) is 0 Å². The average molecular weight is 332 g/mol. The van der Waals surface area contributed by atoms with Crippen LogP contribution in [0.4, 0.5) is 0 Å². The molecule has 0 aliphatic heterocycles. The van der Waals surface area contributed by atoms with Crippen LogP contribution in [0.25, 0.3) is 0 Å². The second kappa shape index (κ2) is 6.11. The molecule has 0 saturated carbocycles. The van der Waals surface area contributed by atoms with Crippen LogP contribution in [0.1, 0.15) is 39.4 Å². The minimum atomic E-state index is 0.213. The average Bonchev–Trinajstić information content (AvgIpc) is 2.37. The Balaban J connectivity index is 2.61. The molecule has 0 aliphatic carbocycles. The Bertz CT molecular complexity index is 608. The van der Waals surface area contributed by atoms with Crippen molar-refractivity contribution in [2.45, 2.75) is 33.7 Å². The van der Waals surface area contributed by atoms with E-state index in [1.165, 1.54) is 33.4 Å². The fourth-order valence-electron chi connectivity index (χ4n) is 2.99. The van der Waals surface area contributed by atoms with Gasteiger partial charge in [0.2, 0.25) is 0 Å². The number of rotatable bonds is 3. The van der Waals surface area contributed by atoms with Gasteiger partial charge < -0.3 is 5.32 Å². The lowest BCUT2D eigenvalue weighted by molar-refractivity contribution is 0.679. The zero-order chi connectivity index (χ0) is 14.9. The molecule has 2 rings (SSSR count). The van der Waals surface area contributed by atoms with Crippen LogP contribution in [0.3, 0.4) is 0 Å². The van der Waals surface area contributed by atoms with Crippen molar-refractivity contribution in [3.8, 4) is 0 Å². The predicted octanol–water partition coefficient (Wildman–Crippen LogP) is 4.99. The first-order chi connectivity index (χ1) is 9.43. The summed E-state index contributed by atoms with van der Waals surface area (Å²) in [7, 11) is 2.03. The number of halogens is 1. The van der Waals surface area contributed by atoms with E-state index in [-0.39, 0.29) is 6.04 Å². The molecule has 0 fully saturated rings. The maximum Gasteiger partial charge on any atom is 0.0590 e. The monoisotopic (exact) mass is 331 g/mol. The third kappa shape index (κ3) is 2.97. The summed E-state index contributed by atoms with van der Waals surface area (Å²) >= 11 is 3.69. The molecule has 2 aromatic carbocycles. The second-order valence-electron chi connectivity index (χ2n) is 5.56. The minimum absolute atomic E-state index is 0.213. The van der Waals surface area contributed by atoms with Gasteiger partial charge in [-0.3, -0.25) is 0 Å². The normalized spacial score (nSPS) is 12.5. The van der Waals surface area contributed by atoms with Crippen molar-refractivity contribution in [2.75, 3.05) is 7.05 Å². The van der Waals surface area contributed by atoms with Crippen molar-refractivity contribution in [1.29, 1.82) is 0 Å². The predicted molar refractivity (Wildman–Crippen MR) is 90.4 cm³/mol. The number of benzene rings is 2. The van der Waals surface area contributed by atoms with Gasteiger partial charge in [-0.1, -0.05) is 51.3 Å². The van der Waals surface area contributed by atoms with Crippen LogP contribution >= 0.6 is 15.9 Å². The topological polar surface area (TPSA) is 12.0 Å². The van der Waals surface area contributed by atoms with E-state index in [0.29, 0.717) is 0 Å². The molecule has 0 aromatic heterocycles. The molecule has 0 saturated heterocycles. The molecule has 0 spiro atoms. The van der Waals surface area contributed by atoms with Gasteiger partial charge in [-0.15, -0.1) is 0 Å². The molecule has 1 N–H and O–H groups in total. The minimum Gasteiger partial charge on any atom is -0.309 e. The summed E-state index contributed by atoms with van der Waals surface area (Å²) in [5, 5.41) is 3.47. The summed E-state index contributed by atoms with van der Waals surface area (Å²) in [5.74, 6) is 0. The van der Waals surface area contributed by atoms with E-state index < -0.39 is 0 Å². The lowest BCUT2D eigenvalue weighted by Crippen LogP contribution is -2.20. The third-order valence-electron chi connectivity index (χ3n) is 3.78. The molecular formula is C18H22BrN. The van der Waals surface area contributed by atoms with Crippen molar-refractivity contribution in [1.82, 2.24) is 5.32 Å². The van der Waals surface area contributed by atoms with Crippen LogP contribution < -0.4 is 5.32 Å². The van der Waals surface area contributed by atoms with Gasteiger partial charge in [0.1, 0.15) is 0 Å². The van der Waals surface area contributed by atoms with Crippen molar-refractivity contribution in [3.05, 3.63) is 68.2 Å². The molecule has 1 unspecified atom stereocenters. The molecule has 2 heteroatoms. The smallest absolute Gasteiger partial charge is 0.0590 e. The summed E-state index contributed by atoms with van der Waals surface area (Å²) in [6.07, 6.45) is 0. The number of hydrogen-bond acceptors (Lipinski definition) is 1. The maximum absolute atomic E-state index is 3.69. The van der Waals surface area contributed by atoms with Gasteiger partial charge in [0.25, 0.3) is 0 Å². The zero-order valence-corrected chi connectivity index (χ0v) is 14.4. The first kappa shape index (κ1) is 15.3. The van der Waals surface area contributed by atoms with E-state index in [9.17, 15) is 0 Å². The first-order valence-corrected chi connectivity index (χ1v) is 7.74. The highest BCUT2D eigenvalue weighted by Crippen LogP contribution is 2.33. The van der Waals surface area contributed by atoms with E-state index in [1.54, 1.807) is 0 Å². The van der Waals surface area contributed by atoms with Gasteiger partial charge in [-0.05, 0) is 63.1 Å². The summed E-state index contributed by atoms with van der Waals surface area (Å²) in [5.41, 5.74) is 7.96. The highest BCUT2D eigenvalue weighted by Gasteiger charge is 2.19. The molecule has 0 radical (unpaired) electrons. The lowest BCUT2D eigenvalue weighted by atomic mass is 9.89. The van der Waals surface area contributed by atoms with Crippen LogP contribution in [0, 0.1) is 27.7 Å². The highest BCUT2D eigenvalue weighted by molar-refractivity contribution is 9.10. The number of hydrogen-bond donors (Lipinski definition) is 1. The van der Waals surface area contributed by atoms with E-state index in [4.69, 9.17) is 0 Å². The van der Waals surface area contributed by atoms with Crippen LogP contribution in [-0.4, -0.2) is 7.05 Å². The van der Waals surface area contributed by atoms with Crippen molar-refractivity contribution < 1.29 is 0 Å². The van der Waals surface area contributed by atoms with Gasteiger partial charge in [-0.2, -0.15) is 0 Å². The third-order valence-corrected chi connectivity index (χ3v) is 4.50. The molecule has 1 atom stereocenters. The Kier molecular flexibility index (Phi) is 4.66. The van der Waals surface area contributed by atoms with Crippen molar-refractivity contribution in [3.63, 3.8) is 0 Å². The van der Waals surface area contributed by atoms with Crippen LogP contribution in [0.15, 0.2) is 34.8 Å². The molecule has 106 valence electrons. The molecule has 0 heterocycles. The quantitative estimate of drug-likeness (QED) is 0.835. The largest absolute Gasteiger partial charge is 0.309 e. The van der Waals surface area contributed by atoms with E-state index in [2.05, 4.69) is 79.3 Å². The molecule has 0 bridgehead atoms. The Morgan fingerprint density at radius 3 is 2.05 bits per heavy atom. The number of aryl methyl sites for hydroxylation is 4. The first-order valence-electron chi connectivity index (χ1n) is 6.95. The summed E-state index contributed by atoms with van der Waals surface area (Å²) in [4.78, 5) is 0. The van der Waals surface area contributed by atoms with Crippen LogP contribution in [-0.2, 0) is 0 Å². The fourth-order valence-corrected chi connectivity index (χ4v) is 3.46. The van der Waals surface area contributed by atoms with Crippen molar-refractivity contribution >= 4 is 15.9 Å². The molecule has 2 aromatic rings. The Morgan fingerprint density at radius 2 is 1.50 bits per heavy atom. The highest BCUT2D eigenvalue weighted by atomic mass is 79.9. The molecule has 20 heavy (non-hydrogen) atoms. The van der Waals surface area contributed by atoms with E-state index in [0.717, 1.165) is 4.47 Å². The van der Waals surface area contributed by atoms with E-state index in [1.807, 2.05) is 7.05 Å². The number of nitrogens with one attached hydrogen (secondary N) is 1. The molecule has 1 nitrogen and oxygen atoms in total. The lowest BCUT2D eigenvalue weighted by Gasteiger charge is -2.24. The van der Waals surface area contributed by atoms with Gasteiger partial charge in [0.05, 0.1) is 6.04 Å². The molecule has 0 amide bonds.